The monoisotopic (exact) mass is 497 g/mol. The minimum Gasteiger partial charge on any atom is -0.480 e. The molecule has 0 saturated heterocycles. The van der Waals surface area contributed by atoms with Crippen molar-refractivity contribution >= 4 is 29.0 Å². The number of likely N-dealkylation sites (N-methyl/N-ethyl adjacent to an activating group) is 1. The van der Waals surface area contributed by atoms with Crippen molar-refractivity contribution in [1.82, 2.24) is 0 Å². The number of allylic oxidation sites excluding steroid dienone is 5. The number of hydrogen-bond acceptors (Lipinski definition) is 3. The summed E-state index contributed by atoms with van der Waals surface area (Å²) in [7, 11) is 3.71. The molecule has 2 unspecified atom stereocenters. The second-order valence-electron chi connectivity index (χ2n) is 9.86. The minimum atomic E-state index is -1.29. The smallest absolute Gasteiger partial charge is 0.325 e. The van der Waals surface area contributed by atoms with Gasteiger partial charge in [0.15, 0.2) is 5.41 Å². The Kier molecular flexibility index (Phi) is 6.55. The molecule has 37 heavy (non-hydrogen) atoms. The molecule has 2 aliphatic heterocycles. The largest absolute Gasteiger partial charge is 0.480 e. The molecule has 2 N–H and O–H groups in total. The number of carboxylic acids is 2. The number of fused-ring (bicyclic) bond motifs is 2. The van der Waals surface area contributed by atoms with Crippen LogP contribution in [0.15, 0.2) is 85.6 Å². The van der Waals surface area contributed by atoms with Crippen LogP contribution in [0, 0.1) is 13.8 Å². The van der Waals surface area contributed by atoms with E-state index in [2.05, 4.69) is 13.2 Å². The molecule has 2 aliphatic rings. The standard InChI is InChI=1S/C31H32N2O4/c1-7-16-30(28(34)35)22-18-20(3)12-14-24(22)32(5)26(30)10-9-11-27-31(17-8-2,29(36)37)23-19-21(4)13-15-25(23)33(27)6/h7-15,18-19H,1-2,16-17H2,3-6H3,(H-,34,35,36,37)/p+1. The molecule has 2 atom stereocenters. The summed E-state index contributed by atoms with van der Waals surface area (Å²) in [6, 6.07) is 11.7. The molecule has 2 heterocycles. The predicted molar refractivity (Wildman–Crippen MR) is 147 cm³/mol. The summed E-state index contributed by atoms with van der Waals surface area (Å²) in [5.74, 6) is -1.91. The van der Waals surface area contributed by atoms with Crippen LogP contribution in [0.3, 0.4) is 0 Å². The van der Waals surface area contributed by atoms with Crippen LogP contribution in [0.4, 0.5) is 11.4 Å². The number of benzene rings is 2. The molecule has 0 saturated carbocycles. The molecule has 4 rings (SSSR count). The van der Waals surface area contributed by atoms with Gasteiger partial charge in [0.05, 0.1) is 5.56 Å². The van der Waals surface area contributed by atoms with Crippen LogP contribution in [0.1, 0.15) is 35.1 Å². The number of aliphatic carboxylic acids is 2. The summed E-state index contributed by atoms with van der Waals surface area (Å²) in [6.45, 7) is 11.6. The van der Waals surface area contributed by atoms with E-state index in [1.807, 2.05) is 73.8 Å². The summed E-state index contributed by atoms with van der Waals surface area (Å²) < 4.78 is 1.89. The number of carbonyl (C=O) groups is 2. The SMILES string of the molecule is C=CCC1(C(=O)O)C(/C=C/C=C2\N(C)c3ccc(C)cc3C2(CC=C)C(=O)O)=[N+](C)c2ccc(C)cc21. The van der Waals surface area contributed by atoms with Gasteiger partial charge in [-0.25, -0.2) is 0 Å². The normalized spacial score (nSPS) is 23.5. The fourth-order valence-corrected chi connectivity index (χ4v) is 5.90. The minimum absolute atomic E-state index is 0.222. The Bertz CT molecular complexity index is 1430. The molecule has 2 aromatic carbocycles. The zero-order valence-electron chi connectivity index (χ0n) is 21.8. The van der Waals surface area contributed by atoms with E-state index in [4.69, 9.17) is 0 Å². The fourth-order valence-electron chi connectivity index (χ4n) is 5.90. The van der Waals surface area contributed by atoms with Gasteiger partial charge in [-0.2, -0.15) is 4.58 Å². The molecule has 0 radical (unpaired) electrons. The highest BCUT2D eigenvalue weighted by Gasteiger charge is 2.56. The van der Waals surface area contributed by atoms with Crippen molar-refractivity contribution in [2.75, 3.05) is 19.0 Å². The maximum Gasteiger partial charge on any atom is 0.325 e. The van der Waals surface area contributed by atoms with E-state index in [0.717, 1.165) is 33.6 Å². The van der Waals surface area contributed by atoms with Crippen molar-refractivity contribution in [1.29, 1.82) is 0 Å². The molecule has 190 valence electrons. The van der Waals surface area contributed by atoms with Crippen molar-refractivity contribution in [3.63, 3.8) is 0 Å². The molecule has 0 bridgehead atoms. The average Bonchev–Trinajstić information content (AvgIpc) is 3.21. The van der Waals surface area contributed by atoms with Gasteiger partial charge in [-0.3, -0.25) is 9.59 Å². The first-order valence-corrected chi connectivity index (χ1v) is 12.2. The average molecular weight is 498 g/mol. The predicted octanol–water partition coefficient (Wildman–Crippen LogP) is 5.42. The lowest BCUT2D eigenvalue weighted by molar-refractivity contribution is -0.401. The first-order valence-electron chi connectivity index (χ1n) is 12.2. The molecule has 0 fully saturated rings. The zero-order chi connectivity index (χ0) is 27.1. The van der Waals surface area contributed by atoms with E-state index in [0.29, 0.717) is 11.4 Å². The van der Waals surface area contributed by atoms with Crippen molar-refractivity contribution < 1.29 is 24.4 Å². The summed E-state index contributed by atoms with van der Waals surface area (Å²) in [6.07, 6.45) is 9.03. The van der Waals surface area contributed by atoms with Crippen LogP contribution in [-0.2, 0) is 20.4 Å². The van der Waals surface area contributed by atoms with Crippen molar-refractivity contribution in [2.45, 2.75) is 37.5 Å². The van der Waals surface area contributed by atoms with E-state index in [1.54, 1.807) is 30.4 Å². The van der Waals surface area contributed by atoms with Crippen LogP contribution in [0.5, 0.6) is 0 Å². The van der Waals surface area contributed by atoms with Gasteiger partial charge in [0, 0.05) is 30.6 Å². The zero-order valence-corrected chi connectivity index (χ0v) is 21.8. The molecule has 0 aliphatic carbocycles. The van der Waals surface area contributed by atoms with Gasteiger partial charge in [-0.15, -0.1) is 13.2 Å². The first-order chi connectivity index (χ1) is 17.6. The van der Waals surface area contributed by atoms with Gasteiger partial charge in [0.25, 0.3) is 0 Å². The Morgan fingerprint density at radius 1 is 0.946 bits per heavy atom. The second-order valence-corrected chi connectivity index (χ2v) is 9.86. The van der Waals surface area contributed by atoms with Gasteiger partial charge in [-0.1, -0.05) is 47.6 Å². The van der Waals surface area contributed by atoms with E-state index >= 15 is 0 Å². The van der Waals surface area contributed by atoms with Crippen LogP contribution in [-0.4, -0.2) is 46.5 Å². The topological polar surface area (TPSA) is 80.9 Å². The lowest BCUT2D eigenvalue weighted by atomic mass is 9.74. The summed E-state index contributed by atoms with van der Waals surface area (Å²) in [5, 5.41) is 21.0. The number of aryl methyl sites for hydroxylation is 2. The quantitative estimate of drug-likeness (QED) is 0.376. The highest BCUT2D eigenvalue weighted by atomic mass is 16.4. The second kappa shape index (κ2) is 9.36. The highest BCUT2D eigenvalue weighted by Crippen LogP contribution is 2.50. The van der Waals surface area contributed by atoms with E-state index in [-0.39, 0.29) is 12.8 Å². The maximum atomic E-state index is 12.8. The summed E-state index contributed by atoms with van der Waals surface area (Å²) >= 11 is 0. The highest BCUT2D eigenvalue weighted by molar-refractivity contribution is 6.17. The molecular formula is C31H33N2O4+. The van der Waals surface area contributed by atoms with Gasteiger partial charge < -0.3 is 15.1 Å². The molecule has 0 amide bonds. The molecule has 2 aromatic rings. The third-order valence-electron chi connectivity index (χ3n) is 7.68. The van der Waals surface area contributed by atoms with Crippen molar-refractivity contribution in [3.8, 4) is 0 Å². The summed E-state index contributed by atoms with van der Waals surface area (Å²) in [5.41, 5.74) is 3.66. The Morgan fingerprint density at radius 2 is 1.51 bits per heavy atom. The van der Waals surface area contributed by atoms with Gasteiger partial charge in [-0.05, 0) is 50.5 Å². The van der Waals surface area contributed by atoms with E-state index in [9.17, 15) is 19.8 Å². The van der Waals surface area contributed by atoms with Gasteiger partial charge in [0.2, 0.25) is 11.4 Å². The number of hydrogen-bond donors (Lipinski definition) is 2. The Morgan fingerprint density at radius 3 is 2.11 bits per heavy atom. The van der Waals surface area contributed by atoms with Crippen molar-refractivity contribution in [3.05, 3.63) is 108 Å². The third kappa shape index (κ3) is 3.67. The summed E-state index contributed by atoms with van der Waals surface area (Å²) in [4.78, 5) is 27.6. The van der Waals surface area contributed by atoms with Gasteiger partial charge in [0.1, 0.15) is 12.5 Å². The van der Waals surface area contributed by atoms with Crippen LogP contribution >= 0.6 is 0 Å². The van der Waals surface area contributed by atoms with Crippen molar-refractivity contribution in [2.24, 2.45) is 0 Å². The van der Waals surface area contributed by atoms with E-state index < -0.39 is 22.8 Å². The Balaban J connectivity index is 1.89. The molecule has 0 aromatic heterocycles. The van der Waals surface area contributed by atoms with Crippen LogP contribution in [0.2, 0.25) is 0 Å². The Labute approximate surface area is 217 Å². The fraction of sp³-hybridized carbons (Fsp3) is 0.258. The molecule has 6 heteroatoms. The van der Waals surface area contributed by atoms with Crippen LogP contribution < -0.4 is 4.90 Å². The lowest BCUT2D eigenvalue weighted by Crippen LogP contribution is -2.42. The first kappa shape index (κ1) is 25.9. The van der Waals surface area contributed by atoms with Gasteiger partial charge >= 0.3 is 11.9 Å². The van der Waals surface area contributed by atoms with Crippen LogP contribution in [0.25, 0.3) is 0 Å². The number of anilines is 1. The molecular weight excluding hydrogens is 464 g/mol. The lowest BCUT2D eigenvalue weighted by Gasteiger charge is -2.27. The van der Waals surface area contributed by atoms with E-state index in [1.165, 1.54) is 0 Å². The molecule has 0 spiro atoms. The number of rotatable bonds is 8. The number of nitrogens with zero attached hydrogens (tertiary/aromatic N) is 2. The maximum absolute atomic E-state index is 12.8. The number of carboxylic acid groups (broad SMARTS) is 2. The molecule has 6 nitrogen and oxygen atoms in total. The third-order valence-corrected chi connectivity index (χ3v) is 7.68. The Hall–Kier alpha value is -4.19.